The maximum absolute atomic E-state index is 12.0. The van der Waals surface area contributed by atoms with E-state index in [1.165, 1.54) is 0 Å². The first-order chi connectivity index (χ1) is 12.0. The van der Waals surface area contributed by atoms with E-state index >= 15 is 0 Å². The van der Waals surface area contributed by atoms with Crippen LogP contribution in [0.3, 0.4) is 0 Å². The van der Waals surface area contributed by atoms with Crippen LogP contribution in [-0.4, -0.2) is 55.0 Å². The molecule has 4 N–H and O–H groups in total. The zero-order chi connectivity index (χ0) is 18.0. The number of hydrogen-bond donors (Lipinski definition) is 4. The number of thioether (sulfide) groups is 1. The molecule has 1 saturated heterocycles. The highest BCUT2D eigenvalue weighted by Crippen LogP contribution is 2.28. The van der Waals surface area contributed by atoms with Crippen LogP contribution in [0.5, 0.6) is 0 Å². The number of aromatic nitrogens is 3. The molecule has 1 aliphatic heterocycles. The van der Waals surface area contributed by atoms with Crippen molar-refractivity contribution >= 4 is 11.8 Å². The van der Waals surface area contributed by atoms with Gasteiger partial charge in [-0.05, 0) is 5.56 Å². The van der Waals surface area contributed by atoms with Crippen LogP contribution in [0.1, 0.15) is 11.8 Å². The molecular formula is C15H17N3O6S. The Hall–Kier alpha value is -1.98. The predicted octanol–water partition coefficient (Wildman–Crippen LogP) is -1.16. The van der Waals surface area contributed by atoms with Gasteiger partial charge >= 0.3 is 5.69 Å². The molecule has 9 nitrogen and oxygen atoms in total. The fraction of sp³-hybridized carbons (Fsp3) is 0.400. The highest BCUT2D eigenvalue weighted by Gasteiger charge is 2.44. The molecule has 0 amide bonds. The van der Waals surface area contributed by atoms with Gasteiger partial charge in [0.1, 0.15) is 18.3 Å². The molecule has 0 aliphatic carbocycles. The quantitative estimate of drug-likeness (QED) is 0.485. The van der Waals surface area contributed by atoms with Gasteiger partial charge in [0.15, 0.2) is 11.3 Å². The lowest BCUT2D eigenvalue weighted by molar-refractivity contribution is -0.0627. The molecule has 1 aliphatic rings. The van der Waals surface area contributed by atoms with Crippen LogP contribution >= 0.6 is 11.8 Å². The summed E-state index contributed by atoms with van der Waals surface area (Å²) >= 11 is 1.13. The fourth-order valence-electron chi connectivity index (χ4n) is 2.47. The van der Waals surface area contributed by atoms with Crippen molar-refractivity contribution in [2.24, 2.45) is 0 Å². The largest absolute Gasteiger partial charge is 0.394 e. The molecule has 2 aromatic rings. The van der Waals surface area contributed by atoms with Gasteiger partial charge < -0.3 is 20.1 Å². The number of nitrogens with zero attached hydrogens (tertiary/aromatic N) is 2. The van der Waals surface area contributed by atoms with Crippen molar-refractivity contribution in [2.45, 2.75) is 35.3 Å². The third-order valence-corrected chi connectivity index (χ3v) is 4.82. The van der Waals surface area contributed by atoms with Crippen molar-refractivity contribution in [2.75, 3.05) is 6.61 Å². The lowest BCUT2D eigenvalue weighted by atomic mass is 10.1. The fourth-order valence-corrected chi connectivity index (χ4v) is 3.30. The SMILES string of the molecule is O=c1[nH]c(=O)n(C2OC(CO)C(O)C2O)nc1SCc1ccccc1. The molecule has 25 heavy (non-hydrogen) atoms. The van der Waals surface area contributed by atoms with Crippen LogP contribution in [0, 0.1) is 0 Å². The van der Waals surface area contributed by atoms with E-state index in [4.69, 9.17) is 9.84 Å². The maximum Gasteiger partial charge on any atom is 0.347 e. The molecule has 0 bridgehead atoms. The average molecular weight is 367 g/mol. The predicted molar refractivity (Wildman–Crippen MR) is 88.1 cm³/mol. The monoisotopic (exact) mass is 367 g/mol. The van der Waals surface area contributed by atoms with Gasteiger partial charge in [-0.3, -0.25) is 9.78 Å². The summed E-state index contributed by atoms with van der Waals surface area (Å²) in [6.45, 7) is -0.525. The molecule has 2 heterocycles. The summed E-state index contributed by atoms with van der Waals surface area (Å²) in [6, 6.07) is 9.40. The van der Waals surface area contributed by atoms with Gasteiger partial charge in [0.05, 0.1) is 6.61 Å². The number of hydrogen-bond acceptors (Lipinski definition) is 8. The third-order valence-electron chi connectivity index (χ3n) is 3.80. The summed E-state index contributed by atoms with van der Waals surface area (Å²) in [7, 11) is 0. The number of aliphatic hydroxyl groups excluding tert-OH is 3. The average Bonchev–Trinajstić information content (AvgIpc) is 2.90. The smallest absolute Gasteiger partial charge is 0.347 e. The molecule has 0 saturated carbocycles. The van der Waals surface area contributed by atoms with Gasteiger partial charge in [0.2, 0.25) is 0 Å². The Bertz CT molecular complexity index is 839. The molecule has 0 radical (unpaired) electrons. The second kappa shape index (κ2) is 7.50. The first-order valence-electron chi connectivity index (χ1n) is 7.53. The molecule has 134 valence electrons. The summed E-state index contributed by atoms with van der Waals surface area (Å²) in [5.74, 6) is 0.463. The van der Waals surface area contributed by atoms with Crippen LogP contribution in [0.2, 0.25) is 0 Å². The Labute approximate surface area is 145 Å². The Morgan fingerprint density at radius 3 is 2.56 bits per heavy atom. The van der Waals surface area contributed by atoms with Crippen LogP contribution in [0.4, 0.5) is 0 Å². The molecule has 4 atom stereocenters. The third kappa shape index (κ3) is 3.67. The highest BCUT2D eigenvalue weighted by atomic mass is 32.2. The van der Waals surface area contributed by atoms with E-state index in [9.17, 15) is 19.8 Å². The van der Waals surface area contributed by atoms with E-state index in [0.717, 1.165) is 22.0 Å². The Kier molecular flexibility index (Phi) is 5.35. The molecule has 1 fully saturated rings. The summed E-state index contributed by atoms with van der Waals surface area (Å²) in [6.07, 6.45) is -5.16. The number of H-pyrrole nitrogens is 1. The summed E-state index contributed by atoms with van der Waals surface area (Å²) in [5, 5.41) is 32.9. The van der Waals surface area contributed by atoms with E-state index in [-0.39, 0.29) is 5.03 Å². The number of nitrogens with one attached hydrogen (secondary N) is 1. The molecule has 3 rings (SSSR count). The van der Waals surface area contributed by atoms with E-state index in [0.29, 0.717) is 5.75 Å². The topological polar surface area (TPSA) is 138 Å². The molecule has 10 heteroatoms. The van der Waals surface area contributed by atoms with Crippen molar-refractivity contribution in [1.82, 2.24) is 14.8 Å². The summed E-state index contributed by atoms with van der Waals surface area (Å²) in [5.41, 5.74) is -0.544. The molecule has 1 aromatic heterocycles. The molecule has 4 unspecified atom stereocenters. The minimum Gasteiger partial charge on any atom is -0.394 e. The Balaban J connectivity index is 1.86. The zero-order valence-corrected chi connectivity index (χ0v) is 13.8. The van der Waals surface area contributed by atoms with Gasteiger partial charge in [-0.2, -0.15) is 9.78 Å². The highest BCUT2D eigenvalue weighted by molar-refractivity contribution is 7.98. The number of aliphatic hydroxyl groups is 3. The van der Waals surface area contributed by atoms with Crippen molar-refractivity contribution in [3.8, 4) is 0 Å². The van der Waals surface area contributed by atoms with Crippen LogP contribution in [0.15, 0.2) is 44.9 Å². The van der Waals surface area contributed by atoms with Gasteiger partial charge in [-0.25, -0.2) is 4.79 Å². The standard InChI is InChI=1S/C15H17N3O6S/c19-6-9-10(20)11(21)14(24-9)18-15(23)16-12(22)13(17-18)25-7-8-4-2-1-3-5-8/h1-5,9-11,14,19-21H,6-7H2,(H,16,22,23). The Morgan fingerprint density at radius 1 is 1.20 bits per heavy atom. The van der Waals surface area contributed by atoms with Gasteiger partial charge in [-0.15, -0.1) is 0 Å². The molecule has 1 aromatic carbocycles. The minimum absolute atomic E-state index is 0.0289. The van der Waals surface area contributed by atoms with Gasteiger partial charge in [-0.1, -0.05) is 42.1 Å². The maximum atomic E-state index is 12.0. The molecule has 0 spiro atoms. The van der Waals surface area contributed by atoms with E-state index < -0.39 is 42.4 Å². The van der Waals surface area contributed by atoms with Crippen molar-refractivity contribution < 1.29 is 20.1 Å². The van der Waals surface area contributed by atoms with Crippen molar-refractivity contribution in [3.63, 3.8) is 0 Å². The first-order valence-corrected chi connectivity index (χ1v) is 8.52. The first kappa shape index (κ1) is 17.8. The Morgan fingerprint density at radius 2 is 1.92 bits per heavy atom. The van der Waals surface area contributed by atoms with Crippen molar-refractivity contribution in [3.05, 3.63) is 56.7 Å². The van der Waals surface area contributed by atoms with E-state index in [1.54, 1.807) is 0 Å². The number of ether oxygens (including phenoxy) is 1. The number of aromatic amines is 1. The van der Waals surface area contributed by atoms with E-state index in [1.807, 2.05) is 30.3 Å². The lowest BCUT2D eigenvalue weighted by Gasteiger charge is -2.16. The second-order valence-corrected chi connectivity index (χ2v) is 6.48. The second-order valence-electron chi connectivity index (χ2n) is 5.51. The van der Waals surface area contributed by atoms with Crippen LogP contribution < -0.4 is 11.2 Å². The van der Waals surface area contributed by atoms with Gasteiger partial charge in [0.25, 0.3) is 5.56 Å². The van der Waals surface area contributed by atoms with E-state index in [2.05, 4.69) is 10.1 Å². The number of rotatable bonds is 5. The normalized spacial score (nSPS) is 26.0. The zero-order valence-electron chi connectivity index (χ0n) is 13.0. The minimum atomic E-state index is -1.46. The van der Waals surface area contributed by atoms with Crippen LogP contribution in [-0.2, 0) is 10.5 Å². The molecular weight excluding hydrogens is 350 g/mol. The summed E-state index contributed by atoms with van der Waals surface area (Å²) in [4.78, 5) is 26.1. The van der Waals surface area contributed by atoms with Gasteiger partial charge in [0, 0.05) is 5.75 Å². The number of benzene rings is 1. The lowest BCUT2D eigenvalue weighted by Crippen LogP contribution is -2.40. The van der Waals surface area contributed by atoms with Crippen LogP contribution in [0.25, 0.3) is 0 Å². The van der Waals surface area contributed by atoms with Crippen molar-refractivity contribution in [1.29, 1.82) is 0 Å². The summed E-state index contributed by atoms with van der Waals surface area (Å²) < 4.78 is 6.05.